The van der Waals surface area contributed by atoms with Crippen LogP contribution in [0.3, 0.4) is 0 Å². The van der Waals surface area contributed by atoms with Crippen molar-refractivity contribution in [2.24, 2.45) is 0 Å². The minimum absolute atomic E-state index is 0.0921. The Balaban J connectivity index is 1.66. The van der Waals surface area contributed by atoms with E-state index < -0.39 is 11.9 Å². The third-order valence-electron chi connectivity index (χ3n) is 4.84. The van der Waals surface area contributed by atoms with Crippen molar-refractivity contribution in [2.75, 3.05) is 4.90 Å². The summed E-state index contributed by atoms with van der Waals surface area (Å²) >= 11 is 4.60. The van der Waals surface area contributed by atoms with Crippen LogP contribution >= 0.6 is 27.3 Å². The number of imide groups is 1. The fraction of sp³-hybridized carbons (Fsp3) is 0.136. The zero-order chi connectivity index (χ0) is 21.3. The molecule has 0 N–H and O–H groups in total. The summed E-state index contributed by atoms with van der Waals surface area (Å²) in [6.07, 6.45) is -0.104. The molecule has 3 amide bonds. The van der Waals surface area contributed by atoms with Gasteiger partial charge in [0.25, 0.3) is 11.8 Å². The molecule has 8 heteroatoms. The lowest BCUT2D eigenvalue weighted by Gasteiger charge is -2.27. The predicted molar refractivity (Wildman–Crippen MR) is 116 cm³/mol. The molecule has 0 saturated carbocycles. The fourth-order valence-electron chi connectivity index (χ4n) is 3.37. The van der Waals surface area contributed by atoms with Gasteiger partial charge in [-0.2, -0.15) is 0 Å². The van der Waals surface area contributed by atoms with E-state index in [1.54, 1.807) is 53.9 Å². The monoisotopic (exact) mass is 486 g/mol. The van der Waals surface area contributed by atoms with Gasteiger partial charge < -0.3 is 4.90 Å². The van der Waals surface area contributed by atoms with Gasteiger partial charge in [0.05, 0.1) is 17.0 Å². The largest absolute Gasteiger partial charge is 0.321 e. The Morgan fingerprint density at radius 1 is 1.10 bits per heavy atom. The lowest BCUT2D eigenvalue weighted by atomic mass is 10.1. The molecule has 4 rings (SSSR count). The Kier molecular flexibility index (Phi) is 5.78. The molecule has 0 spiro atoms. The van der Waals surface area contributed by atoms with Crippen molar-refractivity contribution in [3.05, 3.63) is 86.8 Å². The van der Waals surface area contributed by atoms with Crippen molar-refractivity contribution in [3.63, 3.8) is 0 Å². The molecule has 2 aromatic carbocycles. The summed E-state index contributed by atoms with van der Waals surface area (Å²) < 4.78 is 14.1. The number of hydrogen-bond acceptors (Lipinski definition) is 4. The number of anilines is 1. The van der Waals surface area contributed by atoms with Gasteiger partial charge in [-0.3, -0.25) is 14.4 Å². The molecule has 0 bridgehead atoms. The van der Waals surface area contributed by atoms with Gasteiger partial charge in [-0.05, 0) is 53.4 Å². The normalized spacial score (nSPS) is 16.2. The Hall–Kier alpha value is -2.84. The molecule has 1 aliphatic heterocycles. The highest BCUT2D eigenvalue weighted by molar-refractivity contribution is 9.10. The van der Waals surface area contributed by atoms with E-state index >= 15 is 0 Å². The van der Waals surface area contributed by atoms with Gasteiger partial charge in [-0.25, -0.2) is 9.29 Å². The van der Waals surface area contributed by atoms with Crippen LogP contribution in [-0.4, -0.2) is 28.7 Å². The van der Waals surface area contributed by atoms with Crippen LogP contribution in [0.25, 0.3) is 0 Å². The van der Waals surface area contributed by atoms with E-state index in [9.17, 15) is 18.8 Å². The van der Waals surface area contributed by atoms with Crippen LogP contribution in [0.1, 0.15) is 21.7 Å². The molecule has 2 heterocycles. The van der Waals surface area contributed by atoms with Gasteiger partial charge in [0.15, 0.2) is 0 Å². The molecule has 0 aliphatic carbocycles. The van der Waals surface area contributed by atoms with E-state index in [-0.39, 0.29) is 30.6 Å². The smallest absolute Gasteiger partial charge is 0.264 e. The van der Waals surface area contributed by atoms with Crippen LogP contribution in [0.15, 0.2) is 70.5 Å². The average Bonchev–Trinajstić information content (AvgIpc) is 3.37. The van der Waals surface area contributed by atoms with E-state index in [4.69, 9.17) is 0 Å². The maximum Gasteiger partial charge on any atom is 0.264 e. The van der Waals surface area contributed by atoms with Crippen LogP contribution in [-0.2, 0) is 16.1 Å². The van der Waals surface area contributed by atoms with E-state index in [0.717, 1.165) is 9.37 Å². The molecule has 1 atom stereocenters. The molecular weight excluding hydrogens is 471 g/mol. The SMILES string of the molecule is O=C1CC(N(Cc2ccc(F)cc2)C(=O)c2cccs2)C(=O)N1c1ccc(Br)cc1. The van der Waals surface area contributed by atoms with Gasteiger partial charge in [-0.15, -0.1) is 11.3 Å². The summed E-state index contributed by atoms with van der Waals surface area (Å²) in [5.41, 5.74) is 1.13. The van der Waals surface area contributed by atoms with Gasteiger partial charge in [0, 0.05) is 11.0 Å². The highest BCUT2D eigenvalue weighted by atomic mass is 79.9. The molecular formula is C22H16BrFN2O3S. The molecule has 152 valence electrons. The van der Waals surface area contributed by atoms with Crippen molar-refractivity contribution in [1.82, 2.24) is 4.90 Å². The number of hydrogen-bond donors (Lipinski definition) is 0. The first-order valence-corrected chi connectivity index (χ1v) is 10.8. The maximum atomic E-state index is 13.3. The second-order valence-corrected chi connectivity index (χ2v) is 8.66. The van der Waals surface area contributed by atoms with E-state index in [1.165, 1.54) is 28.4 Å². The third-order valence-corrected chi connectivity index (χ3v) is 6.23. The molecule has 1 aliphatic rings. The Morgan fingerprint density at radius 3 is 2.43 bits per heavy atom. The third kappa shape index (κ3) is 4.06. The molecule has 3 aromatic rings. The second-order valence-electron chi connectivity index (χ2n) is 6.80. The molecule has 1 fully saturated rings. The first-order chi connectivity index (χ1) is 14.4. The van der Waals surface area contributed by atoms with E-state index in [1.807, 2.05) is 0 Å². The number of carbonyl (C=O) groups excluding carboxylic acids is 3. The molecule has 1 unspecified atom stereocenters. The van der Waals surface area contributed by atoms with Crippen LogP contribution in [0.4, 0.5) is 10.1 Å². The summed E-state index contributed by atoms with van der Waals surface area (Å²) in [5, 5.41) is 1.78. The van der Waals surface area contributed by atoms with Crippen LogP contribution in [0.5, 0.6) is 0 Å². The lowest BCUT2D eigenvalue weighted by Crippen LogP contribution is -2.44. The van der Waals surface area contributed by atoms with Crippen LogP contribution < -0.4 is 4.90 Å². The number of thiophene rings is 1. The molecule has 0 radical (unpaired) electrons. The Bertz CT molecular complexity index is 1080. The van der Waals surface area contributed by atoms with Gasteiger partial charge in [-0.1, -0.05) is 34.1 Å². The van der Waals surface area contributed by atoms with Crippen molar-refractivity contribution in [3.8, 4) is 0 Å². The van der Waals surface area contributed by atoms with Crippen LogP contribution in [0.2, 0.25) is 0 Å². The van der Waals surface area contributed by atoms with Gasteiger partial charge in [0.1, 0.15) is 11.9 Å². The number of nitrogens with zero attached hydrogens (tertiary/aromatic N) is 2. The summed E-state index contributed by atoms with van der Waals surface area (Å²) in [6, 6.07) is 15.1. The van der Waals surface area contributed by atoms with Crippen LogP contribution in [0, 0.1) is 5.82 Å². The van der Waals surface area contributed by atoms with E-state index in [2.05, 4.69) is 15.9 Å². The van der Waals surface area contributed by atoms with Gasteiger partial charge in [0.2, 0.25) is 5.91 Å². The quantitative estimate of drug-likeness (QED) is 0.494. The maximum absolute atomic E-state index is 13.3. The zero-order valence-corrected chi connectivity index (χ0v) is 18.0. The molecule has 5 nitrogen and oxygen atoms in total. The molecule has 1 aromatic heterocycles. The number of benzene rings is 2. The van der Waals surface area contributed by atoms with Crippen molar-refractivity contribution >= 4 is 50.7 Å². The zero-order valence-electron chi connectivity index (χ0n) is 15.6. The number of halogens is 2. The first kappa shape index (κ1) is 20.4. The number of rotatable bonds is 5. The number of amides is 3. The standard InChI is InChI=1S/C22H16BrFN2O3S/c23-15-5-9-17(10-6-15)26-20(27)12-18(21(26)28)25(22(29)19-2-1-11-30-19)13-14-3-7-16(24)8-4-14/h1-11,18H,12-13H2. The highest BCUT2D eigenvalue weighted by Gasteiger charge is 2.44. The summed E-state index contributed by atoms with van der Waals surface area (Å²) in [5.74, 6) is -1.54. The summed E-state index contributed by atoms with van der Waals surface area (Å²) in [7, 11) is 0. The second kappa shape index (κ2) is 8.49. The van der Waals surface area contributed by atoms with Crippen molar-refractivity contribution in [1.29, 1.82) is 0 Å². The molecule has 30 heavy (non-hydrogen) atoms. The first-order valence-electron chi connectivity index (χ1n) is 9.15. The lowest BCUT2D eigenvalue weighted by molar-refractivity contribution is -0.122. The topological polar surface area (TPSA) is 57.7 Å². The number of carbonyl (C=O) groups is 3. The molecule has 1 saturated heterocycles. The minimum atomic E-state index is -0.930. The van der Waals surface area contributed by atoms with Crippen molar-refractivity contribution in [2.45, 2.75) is 19.0 Å². The fourth-order valence-corrected chi connectivity index (χ4v) is 4.32. The summed E-state index contributed by atoms with van der Waals surface area (Å²) in [6.45, 7) is 0.0921. The van der Waals surface area contributed by atoms with Gasteiger partial charge >= 0.3 is 0 Å². The average molecular weight is 487 g/mol. The minimum Gasteiger partial charge on any atom is -0.321 e. The Labute approximate surface area is 184 Å². The van der Waals surface area contributed by atoms with E-state index in [0.29, 0.717) is 16.1 Å². The predicted octanol–water partition coefficient (Wildman–Crippen LogP) is 4.62. The Morgan fingerprint density at radius 2 is 1.80 bits per heavy atom. The summed E-state index contributed by atoms with van der Waals surface area (Å²) in [4.78, 5) is 42.1. The van der Waals surface area contributed by atoms with Crippen molar-refractivity contribution < 1.29 is 18.8 Å². The highest BCUT2D eigenvalue weighted by Crippen LogP contribution is 2.29.